The fourth-order valence-electron chi connectivity index (χ4n) is 3.96. The average Bonchev–Trinajstić information content (AvgIpc) is 2.99. The molecule has 1 atom stereocenters. The Morgan fingerprint density at radius 2 is 1.93 bits per heavy atom. The van der Waals surface area contributed by atoms with Crippen LogP contribution in [0, 0.1) is 0 Å². The standard InChI is InChI=1S/C22H25N5O2/c1-16(20-18-7-2-3-8-19(18)21(28)25-24-20)22(29)27-11-5-10-26(12-13-27)15-17-6-4-9-23-14-17/h2-4,6-9,14,16H,5,10-13,15H2,1H3,(H,25,28). The Kier molecular flexibility index (Phi) is 5.67. The van der Waals surface area contributed by atoms with Crippen LogP contribution in [-0.4, -0.2) is 57.1 Å². The zero-order valence-electron chi connectivity index (χ0n) is 16.5. The molecule has 7 heteroatoms. The van der Waals surface area contributed by atoms with E-state index < -0.39 is 5.92 Å². The third-order valence-electron chi connectivity index (χ3n) is 5.54. The van der Waals surface area contributed by atoms with E-state index in [1.807, 2.05) is 42.3 Å². The molecule has 1 fully saturated rings. The molecule has 7 nitrogen and oxygen atoms in total. The number of rotatable bonds is 4. The van der Waals surface area contributed by atoms with Crippen molar-refractivity contribution in [3.8, 4) is 0 Å². The fraction of sp³-hybridized carbons (Fsp3) is 0.364. The van der Waals surface area contributed by atoms with Gasteiger partial charge in [0.15, 0.2) is 0 Å². The Labute approximate surface area is 169 Å². The number of carbonyl (C=O) groups excluding carboxylic acids is 1. The van der Waals surface area contributed by atoms with Gasteiger partial charge in [-0.3, -0.25) is 19.5 Å². The Morgan fingerprint density at radius 1 is 1.10 bits per heavy atom. The molecule has 1 N–H and O–H groups in total. The van der Waals surface area contributed by atoms with Gasteiger partial charge in [0.2, 0.25) is 5.91 Å². The smallest absolute Gasteiger partial charge is 0.272 e. The monoisotopic (exact) mass is 391 g/mol. The minimum Gasteiger partial charge on any atom is -0.341 e. The molecular weight excluding hydrogens is 366 g/mol. The Morgan fingerprint density at radius 3 is 2.72 bits per heavy atom. The molecule has 2 aromatic heterocycles. The number of fused-ring (bicyclic) bond motifs is 1. The van der Waals surface area contributed by atoms with Crippen LogP contribution in [0.1, 0.15) is 30.5 Å². The third-order valence-corrected chi connectivity index (χ3v) is 5.54. The normalized spacial score (nSPS) is 16.5. The zero-order valence-corrected chi connectivity index (χ0v) is 16.5. The minimum atomic E-state index is -0.415. The zero-order chi connectivity index (χ0) is 20.2. The molecule has 1 aromatic carbocycles. The molecule has 3 aromatic rings. The van der Waals surface area contributed by atoms with Gasteiger partial charge in [0.1, 0.15) is 0 Å². The molecule has 0 bridgehead atoms. The minimum absolute atomic E-state index is 0.0536. The number of amides is 1. The van der Waals surface area contributed by atoms with Crippen molar-refractivity contribution in [1.82, 2.24) is 25.0 Å². The quantitative estimate of drug-likeness (QED) is 0.737. The van der Waals surface area contributed by atoms with Crippen LogP contribution >= 0.6 is 0 Å². The predicted molar refractivity (Wildman–Crippen MR) is 111 cm³/mol. The van der Waals surface area contributed by atoms with E-state index in [9.17, 15) is 9.59 Å². The number of hydrogen-bond donors (Lipinski definition) is 1. The van der Waals surface area contributed by atoms with Crippen molar-refractivity contribution < 1.29 is 4.79 Å². The summed E-state index contributed by atoms with van der Waals surface area (Å²) >= 11 is 0. The predicted octanol–water partition coefficient (Wildman–Crippen LogP) is 2.16. The van der Waals surface area contributed by atoms with Gasteiger partial charge in [-0.25, -0.2) is 5.10 Å². The summed E-state index contributed by atoms with van der Waals surface area (Å²) in [6, 6.07) is 11.3. The van der Waals surface area contributed by atoms with E-state index in [2.05, 4.69) is 26.1 Å². The van der Waals surface area contributed by atoms with Gasteiger partial charge in [0.25, 0.3) is 5.56 Å². The van der Waals surface area contributed by atoms with Crippen LogP contribution in [0.4, 0.5) is 0 Å². The molecule has 0 aliphatic carbocycles. The maximum atomic E-state index is 13.2. The van der Waals surface area contributed by atoms with Gasteiger partial charge in [0, 0.05) is 50.5 Å². The highest BCUT2D eigenvalue weighted by Gasteiger charge is 2.27. The van der Waals surface area contributed by atoms with Crippen LogP contribution in [0.25, 0.3) is 10.8 Å². The maximum absolute atomic E-state index is 13.2. The van der Waals surface area contributed by atoms with Gasteiger partial charge in [-0.2, -0.15) is 5.10 Å². The van der Waals surface area contributed by atoms with Crippen molar-refractivity contribution in [2.75, 3.05) is 26.2 Å². The summed E-state index contributed by atoms with van der Waals surface area (Å²) in [5.74, 6) is -0.362. The molecule has 29 heavy (non-hydrogen) atoms. The highest BCUT2D eigenvalue weighted by atomic mass is 16.2. The van der Waals surface area contributed by atoms with Crippen molar-refractivity contribution in [2.24, 2.45) is 0 Å². The molecule has 1 saturated heterocycles. The first-order valence-electron chi connectivity index (χ1n) is 10.0. The lowest BCUT2D eigenvalue weighted by atomic mass is 10.00. The number of nitrogens with zero attached hydrogens (tertiary/aromatic N) is 4. The van der Waals surface area contributed by atoms with E-state index in [1.54, 1.807) is 12.3 Å². The molecule has 1 aliphatic rings. The Bertz CT molecular complexity index is 1050. The number of aromatic nitrogens is 3. The Hall–Kier alpha value is -3.06. The number of aromatic amines is 1. The molecule has 150 valence electrons. The number of hydrogen-bond acceptors (Lipinski definition) is 5. The second kappa shape index (κ2) is 8.53. The second-order valence-electron chi connectivity index (χ2n) is 7.52. The second-order valence-corrected chi connectivity index (χ2v) is 7.52. The largest absolute Gasteiger partial charge is 0.341 e. The lowest BCUT2D eigenvalue weighted by Crippen LogP contribution is -2.38. The summed E-state index contributed by atoms with van der Waals surface area (Å²) in [4.78, 5) is 33.7. The van der Waals surface area contributed by atoms with Gasteiger partial charge in [-0.1, -0.05) is 24.3 Å². The molecule has 3 heterocycles. The van der Waals surface area contributed by atoms with Crippen LogP contribution < -0.4 is 5.56 Å². The molecule has 1 amide bonds. The molecule has 1 aliphatic heterocycles. The van der Waals surface area contributed by atoms with Gasteiger partial charge >= 0.3 is 0 Å². The summed E-state index contributed by atoms with van der Waals surface area (Å²) in [5, 5.41) is 8.06. The van der Waals surface area contributed by atoms with Crippen molar-refractivity contribution in [1.29, 1.82) is 0 Å². The molecule has 0 saturated carbocycles. The number of nitrogens with one attached hydrogen (secondary N) is 1. The van der Waals surface area contributed by atoms with E-state index in [-0.39, 0.29) is 11.5 Å². The molecule has 4 rings (SSSR count). The molecule has 1 unspecified atom stereocenters. The maximum Gasteiger partial charge on any atom is 0.272 e. The highest BCUT2D eigenvalue weighted by molar-refractivity contribution is 5.91. The third kappa shape index (κ3) is 4.19. The number of H-pyrrole nitrogens is 1. The van der Waals surface area contributed by atoms with Crippen LogP contribution in [0.15, 0.2) is 53.6 Å². The topological polar surface area (TPSA) is 82.2 Å². The van der Waals surface area contributed by atoms with Crippen molar-refractivity contribution >= 4 is 16.7 Å². The van der Waals surface area contributed by atoms with Crippen LogP contribution in [-0.2, 0) is 11.3 Å². The molecule has 0 radical (unpaired) electrons. The van der Waals surface area contributed by atoms with Crippen LogP contribution in [0.5, 0.6) is 0 Å². The summed E-state index contributed by atoms with van der Waals surface area (Å²) in [6.45, 7) is 5.91. The van der Waals surface area contributed by atoms with E-state index in [4.69, 9.17) is 0 Å². The van der Waals surface area contributed by atoms with Crippen molar-refractivity contribution in [3.63, 3.8) is 0 Å². The summed E-state index contributed by atoms with van der Waals surface area (Å²) in [6.07, 6.45) is 4.60. The van der Waals surface area contributed by atoms with Gasteiger partial charge in [-0.05, 0) is 31.0 Å². The number of pyridine rings is 1. The van der Waals surface area contributed by atoms with E-state index in [0.717, 1.165) is 38.0 Å². The first kappa shape index (κ1) is 19.3. The lowest BCUT2D eigenvalue weighted by molar-refractivity contribution is -0.132. The SMILES string of the molecule is CC(C(=O)N1CCCN(Cc2cccnc2)CC1)c1n[nH]c(=O)c2ccccc12. The molecular formula is C22H25N5O2. The van der Waals surface area contributed by atoms with Gasteiger partial charge in [0.05, 0.1) is 17.0 Å². The van der Waals surface area contributed by atoms with Crippen LogP contribution in [0.3, 0.4) is 0 Å². The van der Waals surface area contributed by atoms with Crippen LogP contribution in [0.2, 0.25) is 0 Å². The van der Waals surface area contributed by atoms with Crippen molar-refractivity contribution in [2.45, 2.75) is 25.8 Å². The summed E-state index contributed by atoms with van der Waals surface area (Å²) in [5.41, 5.74) is 1.58. The van der Waals surface area contributed by atoms with E-state index >= 15 is 0 Å². The Balaban J connectivity index is 1.47. The van der Waals surface area contributed by atoms with Gasteiger partial charge in [-0.15, -0.1) is 0 Å². The first-order valence-corrected chi connectivity index (χ1v) is 10.0. The summed E-state index contributed by atoms with van der Waals surface area (Å²) in [7, 11) is 0. The summed E-state index contributed by atoms with van der Waals surface area (Å²) < 4.78 is 0. The average molecular weight is 391 g/mol. The number of carbonyl (C=O) groups is 1. The fourth-order valence-corrected chi connectivity index (χ4v) is 3.96. The van der Waals surface area contributed by atoms with Crippen molar-refractivity contribution in [3.05, 3.63) is 70.4 Å². The van der Waals surface area contributed by atoms with E-state index in [1.165, 1.54) is 5.56 Å². The number of benzene rings is 1. The van der Waals surface area contributed by atoms with Gasteiger partial charge < -0.3 is 4.90 Å². The molecule has 0 spiro atoms. The lowest BCUT2D eigenvalue weighted by Gasteiger charge is -2.25. The van der Waals surface area contributed by atoms with E-state index in [0.29, 0.717) is 17.6 Å². The first-order chi connectivity index (χ1) is 14.1. The highest BCUT2D eigenvalue weighted by Crippen LogP contribution is 2.23.